The lowest BCUT2D eigenvalue weighted by atomic mass is 10.1. The number of rotatable bonds is 5. The Labute approximate surface area is 139 Å². The van der Waals surface area contributed by atoms with Gasteiger partial charge in [-0.3, -0.25) is 9.69 Å². The van der Waals surface area contributed by atoms with Gasteiger partial charge in [-0.1, -0.05) is 0 Å². The highest BCUT2D eigenvalue weighted by Crippen LogP contribution is 2.15. The molecule has 7 heteroatoms. The Morgan fingerprint density at radius 1 is 1.26 bits per heavy atom. The van der Waals surface area contributed by atoms with E-state index in [9.17, 15) is 9.59 Å². The van der Waals surface area contributed by atoms with Crippen molar-refractivity contribution in [1.82, 2.24) is 14.7 Å². The van der Waals surface area contributed by atoms with E-state index in [1.165, 1.54) is 0 Å². The molecule has 0 bridgehead atoms. The summed E-state index contributed by atoms with van der Waals surface area (Å²) in [7, 11) is 3.54. The van der Waals surface area contributed by atoms with Crippen LogP contribution in [0.1, 0.15) is 33.6 Å². The summed E-state index contributed by atoms with van der Waals surface area (Å²) in [6.07, 6.45) is 1.06. The molecule has 1 aliphatic heterocycles. The molecule has 7 nitrogen and oxygen atoms in total. The lowest BCUT2D eigenvalue weighted by Crippen LogP contribution is -2.58. The molecule has 1 saturated heterocycles. The Bertz CT molecular complexity index is 407. The molecule has 0 aromatic heterocycles. The van der Waals surface area contributed by atoms with Crippen molar-refractivity contribution in [3.8, 4) is 0 Å². The molecule has 1 fully saturated rings. The molecule has 0 radical (unpaired) electrons. The van der Waals surface area contributed by atoms with Gasteiger partial charge in [0.15, 0.2) is 0 Å². The van der Waals surface area contributed by atoms with Gasteiger partial charge in [-0.15, -0.1) is 0 Å². The van der Waals surface area contributed by atoms with Crippen LogP contribution in [0.25, 0.3) is 0 Å². The molecule has 2 amide bonds. The van der Waals surface area contributed by atoms with E-state index in [2.05, 4.69) is 4.90 Å². The molecule has 0 aromatic rings. The molecule has 1 aliphatic rings. The smallest absolute Gasteiger partial charge is 0.410 e. The Morgan fingerprint density at radius 2 is 1.91 bits per heavy atom. The summed E-state index contributed by atoms with van der Waals surface area (Å²) < 4.78 is 5.42. The van der Waals surface area contributed by atoms with E-state index < -0.39 is 5.60 Å². The zero-order valence-corrected chi connectivity index (χ0v) is 15.2. The molecule has 0 spiro atoms. The normalized spacial score (nSPS) is 19.6. The topological polar surface area (TPSA) is 79.1 Å². The maximum atomic E-state index is 12.2. The van der Waals surface area contributed by atoms with E-state index in [4.69, 9.17) is 10.5 Å². The van der Waals surface area contributed by atoms with Crippen molar-refractivity contribution in [2.75, 3.05) is 46.8 Å². The highest BCUT2D eigenvalue weighted by molar-refractivity contribution is 5.75. The van der Waals surface area contributed by atoms with E-state index >= 15 is 0 Å². The van der Waals surface area contributed by atoms with E-state index in [0.29, 0.717) is 26.1 Å². The predicted octanol–water partition coefficient (Wildman–Crippen LogP) is 0.735. The summed E-state index contributed by atoms with van der Waals surface area (Å²) in [5, 5.41) is 0. The van der Waals surface area contributed by atoms with Gasteiger partial charge in [0.05, 0.1) is 0 Å². The third-order valence-electron chi connectivity index (χ3n) is 3.86. The summed E-state index contributed by atoms with van der Waals surface area (Å²) in [5.74, 6) is 0.140. The molecule has 1 unspecified atom stereocenters. The second-order valence-electron chi connectivity index (χ2n) is 7.24. The van der Waals surface area contributed by atoms with Crippen molar-refractivity contribution < 1.29 is 14.3 Å². The highest BCUT2D eigenvalue weighted by atomic mass is 16.6. The standard InChI is InChI=1S/C16H32N4O3/c1-16(2,3)23-15(22)20-10-9-19(13(11-17)12-20)8-6-7-14(21)18(4)5/h13H,6-12,17H2,1-5H3. The second-order valence-corrected chi connectivity index (χ2v) is 7.24. The summed E-state index contributed by atoms with van der Waals surface area (Å²) in [5.41, 5.74) is 5.38. The molecular formula is C16H32N4O3. The van der Waals surface area contributed by atoms with Gasteiger partial charge in [0.2, 0.25) is 5.91 Å². The Kier molecular flexibility index (Phi) is 7.28. The van der Waals surface area contributed by atoms with E-state index in [-0.39, 0.29) is 18.0 Å². The summed E-state index contributed by atoms with van der Waals surface area (Å²) in [4.78, 5) is 29.4. The van der Waals surface area contributed by atoms with Gasteiger partial charge in [0.1, 0.15) is 5.60 Å². The fourth-order valence-corrected chi connectivity index (χ4v) is 2.56. The SMILES string of the molecule is CN(C)C(=O)CCCN1CCN(C(=O)OC(C)(C)C)CC1CN. The highest BCUT2D eigenvalue weighted by Gasteiger charge is 2.31. The zero-order valence-electron chi connectivity index (χ0n) is 15.2. The number of ether oxygens (including phenoxy) is 1. The Morgan fingerprint density at radius 3 is 2.43 bits per heavy atom. The van der Waals surface area contributed by atoms with Crippen molar-refractivity contribution in [1.29, 1.82) is 0 Å². The zero-order chi connectivity index (χ0) is 17.6. The van der Waals surface area contributed by atoms with Gasteiger partial charge < -0.3 is 20.3 Å². The number of amides is 2. The molecule has 0 saturated carbocycles. The lowest BCUT2D eigenvalue weighted by molar-refractivity contribution is -0.128. The number of nitrogens with zero attached hydrogens (tertiary/aromatic N) is 3. The summed E-state index contributed by atoms with van der Waals surface area (Å²) >= 11 is 0. The number of piperazine rings is 1. The van der Waals surface area contributed by atoms with Crippen LogP contribution in [0.15, 0.2) is 0 Å². The Hall–Kier alpha value is -1.34. The van der Waals surface area contributed by atoms with Crippen LogP contribution < -0.4 is 5.73 Å². The lowest BCUT2D eigenvalue weighted by Gasteiger charge is -2.41. The van der Waals surface area contributed by atoms with Crippen molar-refractivity contribution >= 4 is 12.0 Å². The van der Waals surface area contributed by atoms with Crippen LogP contribution >= 0.6 is 0 Å². The van der Waals surface area contributed by atoms with Crippen LogP contribution in [0.3, 0.4) is 0 Å². The molecule has 0 aromatic carbocycles. The molecule has 1 atom stereocenters. The molecule has 2 N–H and O–H groups in total. The maximum absolute atomic E-state index is 12.2. The van der Waals surface area contributed by atoms with Crippen molar-refractivity contribution in [2.24, 2.45) is 5.73 Å². The first kappa shape index (κ1) is 19.7. The number of hydrogen-bond acceptors (Lipinski definition) is 5. The predicted molar refractivity (Wildman–Crippen MR) is 90.2 cm³/mol. The minimum atomic E-state index is -0.487. The van der Waals surface area contributed by atoms with Crippen LogP contribution in [-0.4, -0.2) is 85.2 Å². The number of hydrogen-bond donors (Lipinski definition) is 1. The van der Waals surface area contributed by atoms with Gasteiger partial charge in [-0.25, -0.2) is 4.79 Å². The number of nitrogens with two attached hydrogens (primary N) is 1. The third kappa shape index (κ3) is 6.74. The van der Waals surface area contributed by atoms with Gasteiger partial charge in [-0.05, 0) is 33.7 Å². The number of carbonyl (C=O) groups is 2. The van der Waals surface area contributed by atoms with Gasteiger partial charge in [0.25, 0.3) is 0 Å². The third-order valence-corrected chi connectivity index (χ3v) is 3.86. The van der Waals surface area contributed by atoms with E-state index in [1.54, 1.807) is 23.9 Å². The monoisotopic (exact) mass is 328 g/mol. The maximum Gasteiger partial charge on any atom is 0.410 e. The van der Waals surface area contributed by atoms with E-state index in [0.717, 1.165) is 19.5 Å². The first-order valence-electron chi connectivity index (χ1n) is 8.26. The summed E-state index contributed by atoms with van der Waals surface area (Å²) in [6.45, 7) is 8.87. The molecule has 23 heavy (non-hydrogen) atoms. The molecule has 0 aliphatic carbocycles. The van der Waals surface area contributed by atoms with Gasteiger partial charge in [-0.2, -0.15) is 0 Å². The molecule has 1 rings (SSSR count). The Balaban J connectivity index is 2.46. The van der Waals surface area contributed by atoms with E-state index in [1.807, 2.05) is 20.8 Å². The van der Waals surface area contributed by atoms with Crippen LogP contribution in [0.2, 0.25) is 0 Å². The van der Waals surface area contributed by atoms with Gasteiger partial charge in [0, 0.05) is 52.7 Å². The average Bonchev–Trinajstić information content (AvgIpc) is 2.45. The first-order valence-corrected chi connectivity index (χ1v) is 8.26. The van der Waals surface area contributed by atoms with Crippen molar-refractivity contribution in [3.05, 3.63) is 0 Å². The minimum Gasteiger partial charge on any atom is -0.444 e. The largest absolute Gasteiger partial charge is 0.444 e. The van der Waals surface area contributed by atoms with Crippen LogP contribution in [0, 0.1) is 0 Å². The van der Waals surface area contributed by atoms with Crippen LogP contribution in [-0.2, 0) is 9.53 Å². The molecular weight excluding hydrogens is 296 g/mol. The van der Waals surface area contributed by atoms with Gasteiger partial charge >= 0.3 is 6.09 Å². The average molecular weight is 328 g/mol. The van der Waals surface area contributed by atoms with Crippen LogP contribution in [0.5, 0.6) is 0 Å². The summed E-state index contributed by atoms with van der Waals surface area (Å²) in [6, 6.07) is 0.116. The van der Waals surface area contributed by atoms with Crippen molar-refractivity contribution in [3.63, 3.8) is 0 Å². The minimum absolute atomic E-state index is 0.116. The van der Waals surface area contributed by atoms with Crippen LogP contribution in [0.4, 0.5) is 4.79 Å². The fraction of sp³-hybridized carbons (Fsp3) is 0.875. The quantitative estimate of drug-likeness (QED) is 0.805. The molecule has 134 valence electrons. The first-order chi connectivity index (χ1) is 10.6. The second kappa shape index (κ2) is 8.49. The number of carbonyl (C=O) groups excluding carboxylic acids is 2. The van der Waals surface area contributed by atoms with Crippen molar-refractivity contribution in [2.45, 2.75) is 45.3 Å². The molecule has 1 heterocycles. The fourth-order valence-electron chi connectivity index (χ4n) is 2.56.